The number of nitrogens with one attached hydrogen (secondary N) is 1. The van der Waals surface area contributed by atoms with Crippen LogP contribution >= 0.6 is 23.2 Å². The molecular weight excluding hydrogens is 460 g/mol. The smallest absolute Gasteiger partial charge is 0.348 e. The summed E-state index contributed by atoms with van der Waals surface area (Å²) in [6.45, 7) is 4.53. The van der Waals surface area contributed by atoms with E-state index in [4.69, 9.17) is 23.2 Å². The highest BCUT2D eigenvalue weighted by Gasteiger charge is 2.48. The summed E-state index contributed by atoms with van der Waals surface area (Å²) in [5.41, 5.74) is 0.793. The average molecular weight is 485 g/mol. The maximum Gasteiger partial charge on any atom is 0.417 e. The van der Waals surface area contributed by atoms with Gasteiger partial charge >= 0.3 is 6.18 Å². The van der Waals surface area contributed by atoms with Crippen LogP contribution in [0.25, 0.3) is 0 Å². The second-order valence-electron chi connectivity index (χ2n) is 8.69. The van der Waals surface area contributed by atoms with Gasteiger partial charge in [-0.25, -0.2) is 0 Å². The molecule has 1 amide bonds. The zero-order valence-corrected chi connectivity index (χ0v) is 19.2. The van der Waals surface area contributed by atoms with Crippen LogP contribution in [-0.4, -0.2) is 23.9 Å². The van der Waals surface area contributed by atoms with E-state index in [0.29, 0.717) is 0 Å². The predicted molar refractivity (Wildman–Crippen MR) is 120 cm³/mol. The molecule has 8 heteroatoms. The van der Waals surface area contributed by atoms with Crippen LogP contribution in [0.1, 0.15) is 59.7 Å². The molecule has 1 heterocycles. The quantitative estimate of drug-likeness (QED) is 0.514. The summed E-state index contributed by atoms with van der Waals surface area (Å²) < 4.78 is 39.4. The normalized spacial score (nSPS) is 23.4. The van der Waals surface area contributed by atoms with Gasteiger partial charge in [0.15, 0.2) is 0 Å². The molecule has 1 saturated heterocycles. The lowest BCUT2D eigenvalue weighted by atomic mass is 9.75. The van der Waals surface area contributed by atoms with Crippen molar-refractivity contribution in [1.29, 1.82) is 0 Å². The fourth-order valence-electron chi connectivity index (χ4n) is 5.35. The molecule has 1 aliphatic carbocycles. The third-order valence-corrected chi connectivity index (χ3v) is 7.57. The standard InChI is InChI=1S/C24H25Cl2F3N2O/c1-2-31-14-16-4-3-11-23(31,12-16)17-7-5-15(6-8-17)13-30-22(32)20-19(25)10-9-18(21(20)26)24(27,28)29/h5-10,16H,2-4,11-14H2,1H3,(H,30,32). The van der Waals surface area contributed by atoms with Crippen LogP contribution in [0.3, 0.4) is 0 Å². The molecule has 2 bridgehead atoms. The highest BCUT2D eigenvalue weighted by Crippen LogP contribution is 2.50. The van der Waals surface area contributed by atoms with Crippen LogP contribution in [0, 0.1) is 5.92 Å². The van der Waals surface area contributed by atoms with Gasteiger partial charge in [0.1, 0.15) is 0 Å². The molecule has 2 unspecified atom stereocenters. The number of halogens is 5. The van der Waals surface area contributed by atoms with Crippen molar-refractivity contribution in [1.82, 2.24) is 10.2 Å². The molecule has 2 fully saturated rings. The lowest BCUT2D eigenvalue weighted by Crippen LogP contribution is -2.41. The molecule has 1 N–H and O–H groups in total. The number of nitrogens with zero attached hydrogens (tertiary/aromatic N) is 1. The zero-order chi connectivity index (χ0) is 23.1. The number of alkyl halides is 3. The van der Waals surface area contributed by atoms with Crippen molar-refractivity contribution < 1.29 is 18.0 Å². The van der Waals surface area contributed by atoms with E-state index in [1.807, 2.05) is 12.1 Å². The zero-order valence-electron chi connectivity index (χ0n) is 17.7. The van der Waals surface area contributed by atoms with E-state index >= 15 is 0 Å². The topological polar surface area (TPSA) is 32.3 Å². The second kappa shape index (κ2) is 8.88. The summed E-state index contributed by atoms with van der Waals surface area (Å²) in [4.78, 5) is 15.2. The lowest BCUT2D eigenvalue weighted by molar-refractivity contribution is -0.137. The number of likely N-dealkylation sites (tertiary alicyclic amines) is 1. The fraction of sp³-hybridized carbons (Fsp3) is 0.458. The Balaban J connectivity index is 1.48. The number of hydrogen-bond acceptors (Lipinski definition) is 2. The maximum atomic E-state index is 13.1. The van der Waals surface area contributed by atoms with Crippen LogP contribution in [-0.2, 0) is 18.3 Å². The summed E-state index contributed by atoms with van der Waals surface area (Å²) in [6, 6.07) is 9.98. The van der Waals surface area contributed by atoms with Crippen molar-refractivity contribution in [3.63, 3.8) is 0 Å². The van der Waals surface area contributed by atoms with E-state index in [1.54, 1.807) is 0 Å². The Hall–Kier alpha value is -1.76. The lowest BCUT2D eigenvalue weighted by Gasteiger charge is -2.40. The van der Waals surface area contributed by atoms with Gasteiger partial charge in [0.2, 0.25) is 0 Å². The van der Waals surface area contributed by atoms with Crippen LogP contribution in [0.2, 0.25) is 10.0 Å². The van der Waals surface area contributed by atoms with E-state index < -0.39 is 22.7 Å². The summed E-state index contributed by atoms with van der Waals surface area (Å²) in [5.74, 6) is 0.0152. The van der Waals surface area contributed by atoms with Crippen molar-refractivity contribution in [2.45, 2.75) is 50.9 Å². The summed E-state index contributed by atoms with van der Waals surface area (Å²) in [5, 5.41) is 1.83. The summed E-state index contributed by atoms with van der Waals surface area (Å²) in [7, 11) is 0. The number of amides is 1. The van der Waals surface area contributed by atoms with Gasteiger partial charge in [-0.05, 0) is 55.0 Å². The molecule has 2 aliphatic rings. The molecule has 32 heavy (non-hydrogen) atoms. The SMILES string of the molecule is CCN1CC2CCCC1(c1ccc(CNC(=O)c3c(Cl)ccc(C(F)(F)F)c3Cl)cc1)C2. The number of benzene rings is 2. The molecule has 1 saturated carbocycles. The highest BCUT2D eigenvalue weighted by atomic mass is 35.5. The summed E-state index contributed by atoms with van der Waals surface area (Å²) >= 11 is 11.9. The Bertz CT molecular complexity index is 1010. The van der Waals surface area contributed by atoms with Crippen LogP contribution in [0.5, 0.6) is 0 Å². The van der Waals surface area contributed by atoms with Crippen LogP contribution in [0.15, 0.2) is 36.4 Å². The van der Waals surface area contributed by atoms with Crippen molar-refractivity contribution >= 4 is 29.1 Å². The van der Waals surface area contributed by atoms with Crippen molar-refractivity contribution in [2.24, 2.45) is 5.92 Å². The second-order valence-corrected chi connectivity index (χ2v) is 9.48. The van der Waals surface area contributed by atoms with Gasteiger partial charge in [0, 0.05) is 18.6 Å². The monoisotopic (exact) mass is 484 g/mol. The minimum atomic E-state index is -4.67. The molecule has 2 aromatic carbocycles. The minimum Gasteiger partial charge on any atom is -0.348 e. The van der Waals surface area contributed by atoms with Gasteiger partial charge in [0.05, 0.1) is 21.2 Å². The molecule has 0 radical (unpaired) electrons. The largest absolute Gasteiger partial charge is 0.417 e. The Morgan fingerprint density at radius 3 is 2.56 bits per heavy atom. The van der Waals surface area contributed by atoms with Gasteiger partial charge in [-0.15, -0.1) is 0 Å². The third kappa shape index (κ3) is 4.25. The molecule has 0 spiro atoms. The number of fused-ring (bicyclic) bond motifs is 2. The molecule has 2 atom stereocenters. The van der Waals surface area contributed by atoms with E-state index in [1.165, 1.54) is 24.8 Å². The Morgan fingerprint density at radius 1 is 1.19 bits per heavy atom. The number of carbonyl (C=O) groups is 1. The number of rotatable bonds is 5. The van der Waals surface area contributed by atoms with Gasteiger partial charge in [0.25, 0.3) is 5.91 Å². The Morgan fingerprint density at radius 2 is 1.91 bits per heavy atom. The molecule has 172 valence electrons. The first kappa shape index (κ1) is 23.4. The van der Waals surface area contributed by atoms with Gasteiger partial charge in [-0.1, -0.05) is 60.8 Å². The predicted octanol–water partition coefficient (Wildman–Crippen LogP) is 6.66. The third-order valence-electron chi connectivity index (χ3n) is 6.86. The number of hydrogen-bond donors (Lipinski definition) is 1. The van der Waals surface area contributed by atoms with Crippen molar-refractivity contribution in [3.8, 4) is 0 Å². The van der Waals surface area contributed by atoms with Crippen molar-refractivity contribution in [3.05, 3.63) is 68.7 Å². The first-order chi connectivity index (χ1) is 15.2. The van der Waals surface area contributed by atoms with Gasteiger partial charge in [-0.2, -0.15) is 13.2 Å². The number of carbonyl (C=O) groups excluding carboxylic acids is 1. The molecule has 3 nitrogen and oxygen atoms in total. The highest BCUT2D eigenvalue weighted by molar-refractivity contribution is 6.40. The van der Waals surface area contributed by atoms with Crippen LogP contribution in [0.4, 0.5) is 13.2 Å². The molecular formula is C24H25Cl2F3N2O. The minimum absolute atomic E-state index is 0.0958. The van der Waals surface area contributed by atoms with Crippen molar-refractivity contribution in [2.75, 3.05) is 13.1 Å². The maximum absolute atomic E-state index is 13.1. The van der Waals surface area contributed by atoms with E-state index in [9.17, 15) is 18.0 Å². The summed E-state index contributed by atoms with van der Waals surface area (Å²) in [6.07, 6.45) is 0.195. The van der Waals surface area contributed by atoms with E-state index in [-0.39, 0.29) is 22.7 Å². The van der Waals surface area contributed by atoms with E-state index in [2.05, 4.69) is 29.3 Å². The fourth-order valence-corrected chi connectivity index (χ4v) is 6.00. The molecule has 4 rings (SSSR count). The van der Waals surface area contributed by atoms with Crippen LogP contribution < -0.4 is 5.32 Å². The average Bonchev–Trinajstić information content (AvgIpc) is 3.01. The molecule has 2 aromatic rings. The Labute approximate surface area is 195 Å². The first-order valence-corrected chi connectivity index (χ1v) is 11.6. The molecule has 1 aliphatic heterocycles. The van der Waals surface area contributed by atoms with Gasteiger partial charge < -0.3 is 5.32 Å². The first-order valence-electron chi connectivity index (χ1n) is 10.8. The Kier molecular flexibility index (Phi) is 6.49. The van der Waals surface area contributed by atoms with E-state index in [0.717, 1.165) is 43.1 Å². The molecule has 0 aromatic heterocycles. The van der Waals surface area contributed by atoms with Gasteiger partial charge in [-0.3, -0.25) is 9.69 Å².